The van der Waals surface area contributed by atoms with E-state index in [1.165, 1.54) is 0 Å². The minimum atomic E-state index is -1.51. The van der Waals surface area contributed by atoms with Gasteiger partial charge in [0, 0.05) is 4.91 Å². The van der Waals surface area contributed by atoms with E-state index in [2.05, 4.69) is 43.5 Å². The third-order valence-electron chi connectivity index (χ3n) is 3.69. The van der Waals surface area contributed by atoms with Gasteiger partial charge in [-0.15, -0.1) is 0 Å². The fourth-order valence-electron chi connectivity index (χ4n) is 2.34. The first kappa shape index (κ1) is 15.5. The highest BCUT2D eigenvalue weighted by Crippen LogP contribution is 2.33. The molecule has 18 heavy (non-hydrogen) atoms. The summed E-state index contributed by atoms with van der Waals surface area (Å²) in [6.07, 6.45) is 0.0641. The van der Waals surface area contributed by atoms with Gasteiger partial charge in [0.1, 0.15) is 0 Å². The predicted molar refractivity (Wildman–Crippen MR) is 74.9 cm³/mol. The second-order valence-electron chi connectivity index (χ2n) is 6.22. The standard InChI is InChI=1S/C12H25N3O2Si/c1-8-9(2)12(14-15-13)10(3)17-11(8)7-16-18(4,5)6/h8-12H,7H2,1-6H3/t8-,9-,10-,11?,12?/m0/s1. The van der Waals surface area contributed by atoms with Crippen LogP contribution in [0.3, 0.4) is 0 Å². The Morgan fingerprint density at radius 1 is 1.22 bits per heavy atom. The van der Waals surface area contributed by atoms with E-state index < -0.39 is 8.32 Å². The molecule has 1 fully saturated rings. The Kier molecular flexibility index (Phi) is 5.22. The Hall–Kier alpha value is -0.553. The Morgan fingerprint density at radius 2 is 1.83 bits per heavy atom. The van der Waals surface area contributed by atoms with Crippen molar-refractivity contribution in [2.45, 2.75) is 58.7 Å². The molecule has 0 aromatic heterocycles. The summed E-state index contributed by atoms with van der Waals surface area (Å²) >= 11 is 0. The molecule has 0 saturated carbocycles. The van der Waals surface area contributed by atoms with E-state index in [4.69, 9.17) is 14.7 Å². The van der Waals surface area contributed by atoms with Crippen LogP contribution < -0.4 is 0 Å². The maximum atomic E-state index is 8.60. The molecule has 1 rings (SSSR count). The molecule has 0 aromatic carbocycles. The average Bonchev–Trinajstić information content (AvgIpc) is 2.26. The largest absolute Gasteiger partial charge is 0.415 e. The molecule has 5 atom stereocenters. The molecule has 0 radical (unpaired) electrons. The third kappa shape index (κ3) is 3.98. The zero-order chi connectivity index (χ0) is 13.9. The van der Waals surface area contributed by atoms with Crippen LogP contribution in [-0.4, -0.2) is 33.2 Å². The van der Waals surface area contributed by atoms with Crippen molar-refractivity contribution in [3.05, 3.63) is 10.4 Å². The van der Waals surface area contributed by atoms with E-state index in [-0.39, 0.29) is 18.2 Å². The van der Waals surface area contributed by atoms with Crippen LogP contribution in [0.2, 0.25) is 19.6 Å². The lowest BCUT2D eigenvalue weighted by Crippen LogP contribution is -2.49. The molecule has 0 aliphatic carbocycles. The molecular formula is C12H25N3O2Si. The Labute approximate surface area is 111 Å². The summed E-state index contributed by atoms with van der Waals surface area (Å²) in [5, 5.41) is 3.86. The van der Waals surface area contributed by atoms with Gasteiger partial charge in [0.2, 0.25) is 0 Å². The van der Waals surface area contributed by atoms with Gasteiger partial charge in [-0.05, 0) is 43.9 Å². The van der Waals surface area contributed by atoms with Crippen LogP contribution >= 0.6 is 0 Å². The van der Waals surface area contributed by atoms with E-state index in [0.717, 1.165) is 0 Å². The Bertz CT molecular complexity index is 326. The smallest absolute Gasteiger partial charge is 0.183 e. The summed E-state index contributed by atoms with van der Waals surface area (Å²) < 4.78 is 11.9. The van der Waals surface area contributed by atoms with E-state index in [1.54, 1.807) is 0 Å². The fraction of sp³-hybridized carbons (Fsp3) is 1.00. The van der Waals surface area contributed by atoms with Gasteiger partial charge in [0.15, 0.2) is 8.32 Å². The van der Waals surface area contributed by atoms with Crippen molar-refractivity contribution < 1.29 is 9.16 Å². The van der Waals surface area contributed by atoms with Crippen molar-refractivity contribution in [2.24, 2.45) is 17.0 Å². The molecule has 1 saturated heterocycles. The van der Waals surface area contributed by atoms with Crippen molar-refractivity contribution >= 4 is 8.32 Å². The highest BCUT2D eigenvalue weighted by molar-refractivity contribution is 6.69. The van der Waals surface area contributed by atoms with Crippen molar-refractivity contribution in [1.29, 1.82) is 0 Å². The van der Waals surface area contributed by atoms with Crippen LogP contribution in [0.4, 0.5) is 0 Å². The molecule has 6 heteroatoms. The molecule has 0 aromatic rings. The zero-order valence-corrected chi connectivity index (χ0v) is 13.3. The second-order valence-corrected chi connectivity index (χ2v) is 10.7. The molecule has 0 bridgehead atoms. The molecule has 0 N–H and O–H groups in total. The molecule has 1 heterocycles. The van der Waals surface area contributed by atoms with Crippen molar-refractivity contribution in [2.75, 3.05) is 6.61 Å². The molecule has 1 aliphatic rings. The van der Waals surface area contributed by atoms with Crippen LogP contribution in [-0.2, 0) is 9.16 Å². The Balaban J connectivity index is 2.66. The second kappa shape index (κ2) is 6.06. The fourth-order valence-corrected chi connectivity index (χ4v) is 3.00. The van der Waals surface area contributed by atoms with Crippen LogP contribution in [0.25, 0.3) is 10.4 Å². The highest BCUT2D eigenvalue weighted by atomic mass is 28.4. The van der Waals surface area contributed by atoms with Crippen molar-refractivity contribution in [3.8, 4) is 0 Å². The van der Waals surface area contributed by atoms with Crippen LogP contribution in [0.5, 0.6) is 0 Å². The lowest BCUT2D eigenvalue weighted by atomic mass is 9.81. The minimum absolute atomic E-state index is 0.0395. The number of ether oxygens (including phenoxy) is 1. The number of azide groups is 1. The maximum absolute atomic E-state index is 8.60. The first-order chi connectivity index (χ1) is 8.26. The summed E-state index contributed by atoms with van der Waals surface area (Å²) in [7, 11) is -1.51. The van der Waals surface area contributed by atoms with Gasteiger partial charge < -0.3 is 9.16 Å². The molecule has 104 valence electrons. The molecule has 0 amide bonds. The average molecular weight is 271 g/mol. The van der Waals surface area contributed by atoms with Crippen LogP contribution in [0.1, 0.15) is 20.8 Å². The number of hydrogen-bond donors (Lipinski definition) is 0. The molecule has 2 unspecified atom stereocenters. The van der Waals surface area contributed by atoms with Crippen LogP contribution in [0.15, 0.2) is 5.11 Å². The molecule has 0 spiro atoms. The lowest BCUT2D eigenvalue weighted by Gasteiger charge is -2.42. The van der Waals surface area contributed by atoms with E-state index in [0.29, 0.717) is 18.4 Å². The predicted octanol–water partition coefficient (Wildman–Crippen LogP) is 3.58. The normalized spacial score (nSPS) is 37.1. The van der Waals surface area contributed by atoms with Gasteiger partial charge in [-0.1, -0.05) is 19.0 Å². The van der Waals surface area contributed by atoms with Gasteiger partial charge in [-0.25, -0.2) is 0 Å². The summed E-state index contributed by atoms with van der Waals surface area (Å²) in [4.78, 5) is 2.93. The van der Waals surface area contributed by atoms with Gasteiger partial charge in [-0.3, -0.25) is 0 Å². The van der Waals surface area contributed by atoms with E-state index >= 15 is 0 Å². The summed E-state index contributed by atoms with van der Waals surface area (Å²) in [5.41, 5.74) is 8.60. The zero-order valence-electron chi connectivity index (χ0n) is 12.3. The summed E-state index contributed by atoms with van der Waals surface area (Å²) in [5.74, 6) is 0.660. The first-order valence-corrected chi connectivity index (χ1v) is 10.0. The van der Waals surface area contributed by atoms with Gasteiger partial charge in [0.25, 0.3) is 0 Å². The monoisotopic (exact) mass is 271 g/mol. The van der Waals surface area contributed by atoms with Gasteiger partial charge in [-0.2, -0.15) is 0 Å². The Morgan fingerprint density at radius 3 is 2.33 bits per heavy atom. The van der Waals surface area contributed by atoms with Gasteiger partial charge in [0.05, 0.1) is 24.9 Å². The number of nitrogens with zero attached hydrogens (tertiary/aromatic N) is 3. The van der Waals surface area contributed by atoms with E-state index in [1.807, 2.05) is 6.92 Å². The topological polar surface area (TPSA) is 67.2 Å². The highest BCUT2D eigenvalue weighted by Gasteiger charge is 2.39. The van der Waals surface area contributed by atoms with Crippen molar-refractivity contribution in [1.82, 2.24) is 0 Å². The molecule has 5 nitrogen and oxygen atoms in total. The van der Waals surface area contributed by atoms with Crippen molar-refractivity contribution in [3.63, 3.8) is 0 Å². The number of hydrogen-bond acceptors (Lipinski definition) is 3. The SMILES string of the molecule is C[C@@H]1OC(CO[Si](C)(C)C)[C@@H](C)[C@H](C)C1N=[N+]=[N-]. The summed E-state index contributed by atoms with van der Waals surface area (Å²) in [6.45, 7) is 13.4. The first-order valence-electron chi connectivity index (χ1n) is 6.60. The molecule has 1 aliphatic heterocycles. The van der Waals surface area contributed by atoms with Gasteiger partial charge >= 0.3 is 0 Å². The quantitative estimate of drug-likeness (QED) is 0.339. The number of rotatable bonds is 4. The van der Waals surface area contributed by atoms with E-state index in [9.17, 15) is 0 Å². The lowest BCUT2D eigenvalue weighted by molar-refractivity contribution is -0.119. The minimum Gasteiger partial charge on any atom is -0.415 e. The van der Waals surface area contributed by atoms with Crippen LogP contribution in [0, 0.1) is 11.8 Å². The molecular weight excluding hydrogens is 246 g/mol. The summed E-state index contributed by atoms with van der Waals surface area (Å²) in [6, 6.07) is -0.0758. The maximum Gasteiger partial charge on any atom is 0.183 e. The third-order valence-corrected chi connectivity index (χ3v) is 4.72.